The van der Waals surface area contributed by atoms with Gasteiger partial charge in [0.1, 0.15) is 10.9 Å². The lowest BCUT2D eigenvalue weighted by Gasteiger charge is -2.32. The van der Waals surface area contributed by atoms with Crippen LogP contribution in [0.1, 0.15) is 35.4 Å². The minimum atomic E-state index is 0.651. The lowest BCUT2D eigenvalue weighted by Crippen LogP contribution is -2.44. The van der Waals surface area contributed by atoms with Gasteiger partial charge in [-0.3, -0.25) is 4.90 Å². The Labute approximate surface area is 112 Å². The molecule has 1 N–H and O–H groups in total. The lowest BCUT2D eigenvalue weighted by molar-refractivity contribution is 0.180. The molecule has 0 bridgehead atoms. The van der Waals surface area contributed by atoms with Crippen LogP contribution in [0.5, 0.6) is 0 Å². The molecule has 1 aromatic rings. The maximum absolute atomic E-state index is 8.82. The Morgan fingerprint density at radius 3 is 3.11 bits per heavy atom. The normalized spacial score (nSPS) is 27.9. The monoisotopic (exact) mass is 261 g/mol. The second kappa shape index (κ2) is 5.40. The Bertz CT molecular complexity index is 448. The number of nitriles is 1. The van der Waals surface area contributed by atoms with Crippen molar-refractivity contribution in [2.75, 3.05) is 13.1 Å². The van der Waals surface area contributed by atoms with Gasteiger partial charge in [0, 0.05) is 30.1 Å². The van der Waals surface area contributed by atoms with Crippen LogP contribution in [0.25, 0.3) is 0 Å². The van der Waals surface area contributed by atoms with Gasteiger partial charge in [-0.25, -0.2) is 0 Å². The van der Waals surface area contributed by atoms with E-state index in [-0.39, 0.29) is 0 Å². The standard InChI is InChI=1S/C14H19N3S/c15-9-11-4-5-12(18-11)10-16-13-6-8-17-7-2-1-3-14(13)17/h4-5,13-14,16H,1-3,6-8,10H2. The third kappa shape index (κ3) is 2.44. The summed E-state index contributed by atoms with van der Waals surface area (Å²) in [7, 11) is 0. The van der Waals surface area contributed by atoms with Crippen molar-refractivity contribution in [3.8, 4) is 6.07 Å². The van der Waals surface area contributed by atoms with Gasteiger partial charge < -0.3 is 5.32 Å². The van der Waals surface area contributed by atoms with E-state index in [0.717, 1.165) is 17.5 Å². The van der Waals surface area contributed by atoms with Crippen LogP contribution in [0.4, 0.5) is 0 Å². The van der Waals surface area contributed by atoms with E-state index in [1.807, 2.05) is 6.07 Å². The van der Waals surface area contributed by atoms with Crippen LogP contribution in [0.2, 0.25) is 0 Å². The quantitative estimate of drug-likeness (QED) is 0.907. The van der Waals surface area contributed by atoms with Gasteiger partial charge in [0.25, 0.3) is 0 Å². The molecule has 96 valence electrons. The second-order valence-corrected chi connectivity index (χ2v) is 6.42. The molecule has 3 nitrogen and oxygen atoms in total. The third-order valence-corrected chi connectivity index (χ3v) is 5.16. The van der Waals surface area contributed by atoms with Crippen LogP contribution in [0.15, 0.2) is 12.1 Å². The van der Waals surface area contributed by atoms with E-state index in [1.54, 1.807) is 11.3 Å². The molecule has 18 heavy (non-hydrogen) atoms. The molecule has 3 heterocycles. The highest BCUT2D eigenvalue weighted by atomic mass is 32.1. The van der Waals surface area contributed by atoms with E-state index in [2.05, 4.69) is 22.4 Å². The summed E-state index contributed by atoms with van der Waals surface area (Å²) in [6.45, 7) is 3.47. The number of hydrogen-bond acceptors (Lipinski definition) is 4. The minimum Gasteiger partial charge on any atom is -0.307 e. The third-order valence-electron chi connectivity index (χ3n) is 4.17. The van der Waals surface area contributed by atoms with E-state index >= 15 is 0 Å². The number of fused-ring (bicyclic) bond motifs is 1. The average Bonchev–Trinajstić information content (AvgIpc) is 3.03. The molecule has 2 aliphatic heterocycles. The zero-order chi connectivity index (χ0) is 12.4. The predicted molar refractivity (Wildman–Crippen MR) is 73.5 cm³/mol. The molecule has 4 heteroatoms. The highest BCUT2D eigenvalue weighted by Crippen LogP contribution is 2.27. The fourth-order valence-electron chi connectivity index (χ4n) is 3.25. The van der Waals surface area contributed by atoms with Crippen molar-refractivity contribution in [1.29, 1.82) is 5.26 Å². The molecular formula is C14H19N3S. The highest BCUT2D eigenvalue weighted by Gasteiger charge is 2.34. The van der Waals surface area contributed by atoms with Crippen molar-refractivity contribution in [3.05, 3.63) is 21.9 Å². The predicted octanol–water partition coefficient (Wildman–Crippen LogP) is 2.34. The summed E-state index contributed by atoms with van der Waals surface area (Å²) < 4.78 is 0. The Morgan fingerprint density at radius 1 is 1.33 bits per heavy atom. The van der Waals surface area contributed by atoms with Gasteiger partial charge in [-0.1, -0.05) is 6.42 Å². The molecule has 0 spiro atoms. The lowest BCUT2D eigenvalue weighted by atomic mass is 9.99. The molecule has 1 aromatic heterocycles. The van der Waals surface area contributed by atoms with Gasteiger partial charge in [-0.2, -0.15) is 5.26 Å². The SMILES string of the molecule is N#Cc1ccc(CNC2CCN3CCCCC23)s1. The molecule has 2 unspecified atom stereocenters. The Kier molecular flexibility index (Phi) is 3.64. The van der Waals surface area contributed by atoms with E-state index in [1.165, 1.54) is 43.6 Å². The van der Waals surface area contributed by atoms with Gasteiger partial charge in [-0.05, 0) is 37.9 Å². The topological polar surface area (TPSA) is 39.1 Å². The zero-order valence-electron chi connectivity index (χ0n) is 10.6. The fraction of sp³-hybridized carbons (Fsp3) is 0.643. The Morgan fingerprint density at radius 2 is 2.28 bits per heavy atom. The van der Waals surface area contributed by atoms with Crippen molar-refractivity contribution < 1.29 is 0 Å². The smallest absolute Gasteiger partial charge is 0.110 e. The average molecular weight is 261 g/mol. The van der Waals surface area contributed by atoms with Crippen molar-refractivity contribution in [2.24, 2.45) is 0 Å². The summed E-state index contributed by atoms with van der Waals surface area (Å²) in [6, 6.07) is 7.61. The first-order valence-electron chi connectivity index (χ1n) is 6.83. The second-order valence-electron chi connectivity index (χ2n) is 5.25. The minimum absolute atomic E-state index is 0.651. The van der Waals surface area contributed by atoms with Crippen molar-refractivity contribution in [3.63, 3.8) is 0 Å². The van der Waals surface area contributed by atoms with Gasteiger partial charge in [0.2, 0.25) is 0 Å². The first kappa shape index (κ1) is 12.2. The van der Waals surface area contributed by atoms with Gasteiger partial charge in [-0.15, -0.1) is 11.3 Å². The molecule has 0 saturated carbocycles. The van der Waals surface area contributed by atoms with Gasteiger partial charge in [0.15, 0.2) is 0 Å². The van der Waals surface area contributed by atoms with Crippen LogP contribution in [-0.2, 0) is 6.54 Å². The van der Waals surface area contributed by atoms with E-state index in [9.17, 15) is 0 Å². The molecule has 0 radical (unpaired) electrons. The summed E-state index contributed by atoms with van der Waals surface area (Å²) in [5.41, 5.74) is 0. The van der Waals surface area contributed by atoms with Crippen LogP contribution in [-0.4, -0.2) is 30.1 Å². The summed E-state index contributed by atoms with van der Waals surface area (Å²) in [5.74, 6) is 0. The zero-order valence-corrected chi connectivity index (χ0v) is 11.4. The summed E-state index contributed by atoms with van der Waals surface area (Å²) in [4.78, 5) is 4.74. The molecule has 2 atom stereocenters. The summed E-state index contributed by atoms with van der Waals surface area (Å²) >= 11 is 1.61. The molecule has 0 aliphatic carbocycles. The van der Waals surface area contributed by atoms with Crippen molar-refractivity contribution in [2.45, 2.75) is 44.3 Å². The van der Waals surface area contributed by atoms with Crippen LogP contribution in [0, 0.1) is 11.3 Å². The van der Waals surface area contributed by atoms with Crippen LogP contribution < -0.4 is 5.32 Å². The first-order valence-corrected chi connectivity index (χ1v) is 7.65. The van der Waals surface area contributed by atoms with Crippen molar-refractivity contribution in [1.82, 2.24) is 10.2 Å². The number of piperidine rings is 1. The largest absolute Gasteiger partial charge is 0.307 e. The van der Waals surface area contributed by atoms with Gasteiger partial charge >= 0.3 is 0 Å². The van der Waals surface area contributed by atoms with Crippen LogP contribution in [0.3, 0.4) is 0 Å². The van der Waals surface area contributed by atoms with E-state index in [4.69, 9.17) is 5.26 Å². The maximum atomic E-state index is 8.82. The Hall–Kier alpha value is -0.890. The molecule has 0 aromatic carbocycles. The fourth-order valence-corrected chi connectivity index (χ4v) is 4.01. The molecule has 2 fully saturated rings. The van der Waals surface area contributed by atoms with E-state index < -0.39 is 0 Å². The number of nitrogens with zero attached hydrogens (tertiary/aromatic N) is 2. The van der Waals surface area contributed by atoms with E-state index in [0.29, 0.717) is 6.04 Å². The number of rotatable bonds is 3. The molecule has 3 rings (SSSR count). The molecule has 2 aliphatic rings. The molecular weight excluding hydrogens is 242 g/mol. The number of thiophene rings is 1. The Balaban J connectivity index is 1.55. The van der Waals surface area contributed by atoms with Gasteiger partial charge in [0.05, 0.1) is 0 Å². The van der Waals surface area contributed by atoms with Crippen LogP contribution >= 0.6 is 11.3 Å². The first-order chi connectivity index (χ1) is 8.86. The molecule has 0 amide bonds. The summed E-state index contributed by atoms with van der Waals surface area (Å²) in [5, 5.41) is 12.5. The summed E-state index contributed by atoms with van der Waals surface area (Å²) in [6.07, 6.45) is 5.39. The number of hydrogen-bond donors (Lipinski definition) is 1. The molecule has 2 saturated heterocycles. The maximum Gasteiger partial charge on any atom is 0.110 e. The highest BCUT2D eigenvalue weighted by molar-refractivity contribution is 7.12. The van der Waals surface area contributed by atoms with Crippen molar-refractivity contribution >= 4 is 11.3 Å². The number of nitrogens with one attached hydrogen (secondary N) is 1.